The van der Waals surface area contributed by atoms with Crippen molar-refractivity contribution in [2.24, 2.45) is 0 Å². The lowest BCUT2D eigenvalue weighted by atomic mass is 10.0. The average Bonchev–Trinajstić information content (AvgIpc) is 3.42. The molecule has 9 heteroatoms. The highest BCUT2D eigenvalue weighted by Gasteiger charge is 2.21. The Bertz CT molecular complexity index is 1180. The molecule has 3 aromatic heterocycles. The van der Waals surface area contributed by atoms with E-state index in [1.165, 1.54) is 23.9 Å². The number of nitrogens with zero attached hydrogens (tertiary/aromatic N) is 5. The largest absolute Gasteiger partial charge is 0.493 e. The summed E-state index contributed by atoms with van der Waals surface area (Å²) in [5.74, 6) is 1.01. The summed E-state index contributed by atoms with van der Waals surface area (Å²) in [7, 11) is 0. The van der Waals surface area contributed by atoms with Gasteiger partial charge in [0, 0.05) is 46.3 Å². The van der Waals surface area contributed by atoms with Crippen LogP contribution in [0.2, 0.25) is 0 Å². The van der Waals surface area contributed by atoms with E-state index in [1.54, 1.807) is 16.8 Å². The van der Waals surface area contributed by atoms with Crippen LogP contribution in [-0.4, -0.2) is 30.6 Å². The Kier molecular flexibility index (Phi) is 3.97. The first kappa shape index (κ1) is 17.1. The van der Waals surface area contributed by atoms with Crippen LogP contribution in [0.25, 0.3) is 16.8 Å². The molecule has 1 aliphatic rings. The lowest BCUT2D eigenvalue weighted by Crippen LogP contribution is -2.10. The van der Waals surface area contributed by atoms with Crippen LogP contribution < -0.4 is 10.1 Å². The number of anilines is 1. The third-order valence-corrected chi connectivity index (χ3v) is 5.81. The molecule has 1 aliphatic heterocycles. The molecular formula is C19H17FN6OS. The summed E-state index contributed by atoms with van der Waals surface area (Å²) in [6.07, 6.45) is 3.97. The molecule has 0 unspecified atom stereocenters. The molecule has 0 bridgehead atoms. The maximum Gasteiger partial charge on any atom is 0.226 e. The Hall–Kier alpha value is -3.07. The number of rotatable bonds is 4. The summed E-state index contributed by atoms with van der Waals surface area (Å²) >= 11 is 1.46. The Morgan fingerprint density at radius 2 is 2.18 bits per heavy atom. The molecule has 0 aliphatic carbocycles. The van der Waals surface area contributed by atoms with Crippen LogP contribution in [0.5, 0.6) is 5.75 Å². The number of ether oxygens (including phenoxy) is 1. The Balaban J connectivity index is 1.52. The van der Waals surface area contributed by atoms with Gasteiger partial charge in [0.25, 0.3) is 0 Å². The number of aromatic nitrogens is 5. The fourth-order valence-corrected chi connectivity index (χ4v) is 4.37. The molecule has 0 fully saturated rings. The van der Waals surface area contributed by atoms with Crippen LogP contribution in [0.4, 0.5) is 10.3 Å². The third-order valence-electron chi connectivity index (χ3n) is 4.97. The topological polar surface area (TPSA) is 77.2 Å². The third kappa shape index (κ3) is 2.62. The standard InChI is InChI=1S/C19H17FN6OS/c1-10-17(11(2)28-25-10)14-8-22-19(26-18(14)23-9-24-26)21-7-13-12-5-6-27-16(12)4-3-15(13)20/h3-4,8-9H,5-7H2,1-2H3,(H,21,22). The molecule has 0 saturated carbocycles. The summed E-state index contributed by atoms with van der Waals surface area (Å²) in [4.78, 5) is 10.0. The molecule has 5 rings (SSSR count). The molecule has 0 atom stereocenters. The Morgan fingerprint density at radius 1 is 1.29 bits per heavy atom. The molecule has 4 aromatic rings. The van der Waals surface area contributed by atoms with Crippen molar-refractivity contribution in [1.82, 2.24) is 24.0 Å². The van der Waals surface area contributed by atoms with Gasteiger partial charge in [0.1, 0.15) is 17.9 Å². The molecule has 0 amide bonds. The first-order valence-corrected chi connectivity index (χ1v) is 9.69. The van der Waals surface area contributed by atoms with Crippen molar-refractivity contribution in [2.45, 2.75) is 26.8 Å². The van der Waals surface area contributed by atoms with E-state index in [2.05, 4.69) is 24.8 Å². The zero-order valence-corrected chi connectivity index (χ0v) is 16.2. The number of aryl methyl sites for hydroxylation is 2. The second kappa shape index (κ2) is 6.52. The SMILES string of the molecule is Cc1nsc(C)c1-c1cnc(NCc2c(F)ccc3c2CCO3)n2ncnc12. The van der Waals surface area contributed by atoms with E-state index in [0.717, 1.165) is 33.0 Å². The first-order valence-electron chi connectivity index (χ1n) is 8.92. The maximum atomic E-state index is 14.4. The van der Waals surface area contributed by atoms with E-state index in [-0.39, 0.29) is 12.4 Å². The number of benzene rings is 1. The summed E-state index contributed by atoms with van der Waals surface area (Å²) in [6, 6.07) is 3.13. The average molecular weight is 396 g/mol. The minimum Gasteiger partial charge on any atom is -0.493 e. The number of halogens is 1. The van der Waals surface area contributed by atoms with Crippen molar-refractivity contribution in [2.75, 3.05) is 11.9 Å². The van der Waals surface area contributed by atoms with Gasteiger partial charge < -0.3 is 10.1 Å². The van der Waals surface area contributed by atoms with Gasteiger partial charge in [-0.1, -0.05) is 0 Å². The van der Waals surface area contributed by atoms with Crippen LogP contribution in [0.1, 0.15) is 21.7 Å². The lowest BCUT2D eigenvalue weighted by molar-refractivity contribution is 0.356. The van der Waals surface area contributed by atoms with E-state index in [0.29, 0.717) is 30.2 Å². The minimum atomic E-state index is -0.251. The van der Waals surface area contributed by atoms with E-state index >= 15 is 0 Å². The lowest BCUT2D eigenvalue weighted by Gasteiger charge is -2.12. The zero-order chi connectivity index (χ0) is 19.3. The number of hydrogen-bond donors (Lipinski definition) is 1. The predicted molar refractivity (Wildman–Crippen MR) is 104 cm³/mol. The second-order valence-electron chi connectivity index (χ2n) is 6.64. The normalized spacial score (nSPS) is 13.0. The van der Waals surface area contributed by atoms with Crippen molar-refractivity contribution in [1.29, 1.82) is 0 Å². The number of fused-ring (bicyclic) bond motifs is 2. The molecule has 0 saturated heterocycles. The Morgan fingerprint density at radius 3 is 3.00 bits per heavy atom. The molecule has 0 radical (unpaired) electrons. The molecule has 1 N–H and O–H groups in total. The van der Waals surface area contributed by atoms with Gasteiger partial charge in [0.15, 0.2) is 5.65 Å². The van der Waals surface area contributed by atoms with Crippen LogP contribution in [0.3, 0.4) is 0 Å². The van der Waals surface area contributed by atoms with Crippen LogP contribution in [-0.2, 0) is 13.0 Å². The Labute approximate surface area is 164 Å². The van der Waals surface area contributed by atoms with Crippen molar-refractivity contribution in [3.63, 3.8) is 0 Å². The summed E-state index contributed by atoms with van der Waals surface area (Å²) in [6.45, 7) is 4.87. The highest BCUT2D eigenvalue weighted by molar-refractivity contribution is 7.06. The van der Waals surface area contributed by atoms with Crippen molar-refractivity contribution >= 4 is 23.1 Å². The van der Waals surface area contributed by atoms with Crippen LogP contribution in [0, 0.1) is 19.7 Å². The molecule has 0 spiro atoms. The molecule has 142 valence electrons. The molecule has 7 nitrogen and oxygen atoms in total. The van der Waals surface area contributed by atoms with Crippen molar-refractivity contribution in [3.8, 4) is 16.9 Å². The highest BCUT2D eigenvalue weighted by atomic mass is 32.1. The highest BCUT2D eigenvalue weighted by Crippen LogP contribution is 2.33. The number of nitrogens with one attached hydrogen (secondary N) is 1. The van der Waals surface area contributed by atoms with Gasteiger partial charge in [-0.15, -0.1) is 0 Å². The first-order chi connectivity index (χ1) is 13.6. The molecule has 1 aromatic carbocycles. The second-order valence-corrected chi connectivity index (χ2v) is 7.62. The van der Waals surface area contributed by atoms with E-state index < -0.39 is 0 Å². The van der Waals surface area contributed by atoms with Gasteiger partial charge in [0.2, 0.25) is 5.95 Å². The quantitative estimate of drug-likeness (QED) is 0.568. The monoisotopic (exact) mass is 396 g/mol. The maximum absolute atomic E-state index is 14.4. The van der Waals surface area contributed by atoms with Gasteiger partial charge >= 0.3 is 0 Å². The van der Waals surface area contributed by atoms with Crippen LogP contribution in [0.15, 0.2) is 24.7 Å². The summed E-state index contributed by atoms with van der Waals surface area (Å²) in [5, 5.41) is 7.50. The van der Waals surface area contributed by atoms with Gasteiger partial charge in [-0.05, 0) is 37.5 Å². The fraction of sp³-hybridized carbons (Fsp3) is 0.263. The van der Waals surface area contributed by atoms with Gasteiger partial charge in [-0.3, -0.25) is 0 Å². The van der Waals surface area contributed by atoms with Gasteiger partial charge in [0.05, 0.1) is 12.3 Å². The molecule has 28 heavy (non-hydrogen) atoms. The smallest absolute Gasteiger partial charge is 0.226 e. The molecule has 4 heterocycles. The number of hydrogen-bond acceptors (Lipinski definition) is 7. The van der Waals surface area contributed by atoms with Crippen molar-refractivity contribution in [3.05, 3.63) is 52.2 Å². The fourth-order valence-electron chi connectivity index (χ4n) is 3.66. The van der Waals surface area contributed by atoms with Gasteiger partial charge in [-0.2, -0.15) is 14.0 Å². The van der Waals surface area contributed by atoms with E-state index in [4.69, 9.17) is 4.74 Å². The molecular weight excluding hydrogens is 379 g/mol. The minimum absolute atomic E-state index is 0.251. The predicted octanol–water partition coefficient (Wildman–Crippen LogP) is 3.55. The van der Waals surface area contributed by atoms with E-state index in [1.807, 2.05) is 13.8 Å². The van der Waals surface area contributed by atoms with E-state index in [9.17, 15) is 4.39 Å². The van der Waals surface area contributed by atoms with Crippen LogP contribution >= 0.6 is 11.5 Å². The van der Waals surface area contributed by atoms with Gasteiger partial charge in [-0.25, -0.2) is 14.4 Å². The zero-order valence-electron chi connectivity index (χ0n) is 15.4. The summed E-state index contributed by atoms with van der Waals surface area (Å²) in [5.41, 5.74) is 5.05. The summed E-state index contributed by atoms with van der Waals surface area (Å²) < 4.78 is 26.0. The van der Waals surface area contributed by atoms with Crippen molar-refractivity contribution < 1.29 is 9.13 Å².